The molecule has 30 heavy (non-hydrogen) atoms. The molecule has 0 saturated heterocycles. The fraction of sp³-hybridized carbons (Fsp3) is 0.0909. The first-order valence-corrected chi connectivity index (χ1v) is 9.70. The highest BCUT2D eigenvalue weighted by Crippen LogP contribution is 2.25. The number of rotatable bonds is 4. The van der Waals surface area contributed by atoms with Crippen molar-refractivity contribution in [3.8, 4) is 22.6 Å². The highest BCUT2D eigenvalue weighted by Gasteiger charge is 2.14. The van der Waals surface area contributed by atoms with Gasteiger partial charge in [-0.3, -0.25) is 4.79 Å². The minimum absolute atomic E-state index is 0.150. The Kier molecular flexibility index (Phi) is 4.44. The van der Waals surface area contributed by atoms with Crippen LogP contribution in [0, 0.1) is 6.92 Å². The fourth-order valence-electron chi connectivity index (χ4n) is 3.36. The summed E-state index contributed by atoms with van der Waals surface area (Å²) in [5.41, 5.74) is 3.80. The van der Waals surface area contributed by atoms with Crippen molar-refractivity contribution >= 4 is 17.1 Å². The van der Waals surface area contributed by atoms with Crippen molar-refractivity contribution in [1.29, 1.82) is 0 Å². The van der Waals surface area contributed by atoms with Gasteiger partial charge in [0.2, 0.25) is 11.7 Å². The highest BCUT2D eigenvalue weighted by atomic mass is 35.5. The predicted molar refractivity (Wildman–Crippen MR) is 113 cm³/mol. The maximum Gasteiger partial charge on any atom is 0.277 e. The molecule has 0 radical (unpaired) electrons. The molecule has 0 spiro atoms. The van der Waals surface area contributed by atoms with Gasteiger partial charge in [-0.05, 0) is 30.7 Å². The number of halogens is 1. The van der Waals surface area contributed by atoms with Crippen LogP contribution in [0.15, 0.2) is 76.3 Å². The average molecular weight is 418 g/mol. The van der Waals surface area contributed by atoms with Gasteiger partial charge in [0.1, 0.15) is 12.1 Å². The van der Waals surface area contributed by atoms with E-state index in [2.05, 4.69) is 15.2 Å². The Hall–Kier alpha value is -3.71. The minimum Gasteiger partial charge on any atom is -0.337 e. The van der Waals surface area contributed by atoms with Crippen molar-refractivity contribution in [2.24, 2.45) is 0 Å². The maximum absolute atomic E-state index is 13.0. The molecular formula is C22H16ClN5O2. The normalized spacial score (nSPS) is 11.3. The summed E-state index contributed by atoms with van der Waals surface area (Å²) in [4.78, 5) is 17.4. The monoisotopic (exact) mass is 417 g/mol. The van der Waals surface area contributed by atoms with E-state index >= 15 is 0 Å². The van der Waals surface area contributed by atoms with Gasteiger partial charge in [0.15, 0.2) is 0 Å². The van der Waals surface area contributed by atoms with Crippen LogP contribution < -0.4 is 5.56 Å². The SMILES string of the molecule is Cc1ccccc1-c1cc2c(=O)n(Cc3nc(-c4ccccc4Cl)no3)ccn2n1. The van der Waals surface area contributed by atoms with Crippen LogP contribution in [-0.2, 0) is 6.54 Å². The van der Waals surface area contributed by atoms with Gasteiger partial charge in [-0.25, -0.2) is 4.52 Å². The highest BCUT2D eigenvalue weighted by molar-refractivity contribution is 6.33. The number of hydrogen-bond donors (Lipinski definition) is 0. The van der Waals surface area contributed by atoms with Crippen molar-refractivity contribution in [1.82, 2.24) is 24.3 Å². The number of nitrogens with zero attached hydrogens (tertiary/aromatic N) is 5. The van der Waals surface area contributed by atoms with Crippen molar-refractivity contribution in [3.05, 3.63) is 93.8 Å². The maximum atomic E-state index is 13.0. The molecule has 7 nitrogen and oxygen atoms in total. The second-order valence-corrected chi connectivity index (χ2v) is 7.30. The zero-order valence-corrected chi connectivity index (χ0v) is 16.7. The first kappa shape index (κ1) is 18.3. The molecule has 5 aromatic rings. The zero-order chi connectivity index (χ0) is 20.7. The molecule has 0 aliphatic carbocycles. The second-order valence-electron chi connectivity index (χ2n) is 6.90. The van der Waals surface area contributed by atoms with Crippen molar-refractivity contribution in [3.63, 3.8) is 0 Å². The quantitative estimate of drug-likeness (QED) is 0.437. The summed E-state index contributed by atoms with van der Waals surface area (Å²) < 4.78 is 8.44. The van der Waals surface area contributed by atoms with E-state index in [-0.39, 0.29) is 12.1 Å². The molecule has 0 atom stereocenters. The third-order valence-corrected chi connectivity index (χ3v) is 5.24. The van der Waals surface area contributed by atoms with Crippen LogP contribution in [0.4, 0.5) is 0 Å². The third-order valence-electron chi connectivity index (χ3n) is 4.91. The summed E-state index contributed by atoms with van der Waals surface area (Å²) in [6.07, 6.45) is 3.40. The molecule has 5 rings (SSSR count). The lowest BCUT2D eigenvalue weighted by atomic mass is 10.1. The molecule has 2 aromatic carbocycles. The van der Waals surface area contributed by atoms with Crippen LogP contribution in [0.3, 0.4) is 0 Å². The van der Waals surface area contributed by atoms with Gasteiger partial charge < -0.3 is 9.09 Å². The van der Waals surface area contributed by atoms with E-state index in [1.807, 2.05) is 49.4 Å². The lowest BCUT2D eigenvalue weighted by Crippen LogP contribution is -2.21. The van der Waals surface area contributed by atoms with E-state index in [0.717, 1.165) is 16.8 Å². The van der Waals surface area contributed by atoms with E-state index in [9.17, 15) is 4.79 Å². The van der Waals surface area contributed by atoms with E-state index in [4.69, 9.17) is 16.1 Å². The fourth-order valence-corrected chi connectivity index (χ4v) is 3.58. The number of aryl methyl sites for hydroxylation is 1. The molecule has 0 saturated carbocycles. The molecule has 0 aliphatic rings. The van der Waals surface area contributed by atoms with Gasteiger partial charge in [0, 0.05) is 23.5 Å². The van der Waals surface area contributed by atoms with Gasteiger partial charge in [-0.2, -0.15) is 10.1 Å². The molecular weight excluding hydrogens is 402 g/mol. The molecule has 0 N–H and O–H groups in total. The van der Waals surface area contributed by atoms with Crippen molar-refractivity contribution < 1.29 is 4.52 Å². The van der Waals surface area contributed by atoms with Crippen LogP contribution in [0.2, 0.25) is 5.02 Å². The molecule has 0 fully saturated rings. The van der Waals surface area contributed by atoms with Crippen LogP contribution in [0.25, 0.3) is 28.2 Å². The third kappa shape index (κ3) is 3.19. The number of aromatic nitrogens is 5. The zero-order valence-electron chi connectivity index (χ0n) is 16.0. The first-order valence-electron chi connectivity index (χ1n) is 9.32. The van der Waals surface area contributed by atoms with E-state index < -0.39 is 0 Å². The molecule has 3 heterocycles. The molecule has 3 aromatic heterocycles. The Balaban J connectivity index is 1.49. The number of fused-ring (bicyclic) bond motifs is 1. The minimum atomic E-state index is -0.192. The molecule has 0 bridgehead atoms. The Bertz CT molecular complexity index is 1430. The van der Waals surface area contributed by atoms with Crippen molar-refractivity contribution in [2.75, 3.05) is 0 Å². The summed E-state index contributed by atoms with van der Waals surface area (Å²) in [6.45, 7) is 2.17. The van der Waals surface area contributed by atoms with E-state index in [1.54, 1.807) is 29.0 Å². The predicted octanol–water partition coefficient (Wildman–Crippen LogP) is 4.22. The second kappa shape index (κ2) is 7.27. The number of benzene rings is 2. The van der Waals surface area contributed by atoms with Gasteiger partial charge >= 0.3 is 0 Å². The van der Waals surface area contributed by atoms with Crippen LogP contribution in [0.5, 0.6) is 0 Å². The topological polar surface area (TPSA) is 78.2 Å². The Morgan fingerprint density at radius 1 is 1.03 bits per heavy atom. The largest absolute Gasteiger partial charge is 0.337 e. The Labute approximate surface area is 176 Å². The molecule has 0 unspecified atom stereocenters. The summed E-state index contributed by atoms with van der Waals surface area (Å²) >= 11 is 6.20. The van der Waals surface area contributed by atoms with Gasteiger partial charge in [-0.1, -0.05) is 53.2 Å². The number of hydrogen-bond acceptors (Lipinski definition) is 5. The summed E-state index contributed by atoms with van der Waals surface area (Å²) in [5, 5.41) is 9.06. The molecule has 0 amide bonds. The summed E-state index contributed by atoms with van der Waals surface area (Å²) in [6, 6.07) is 17.0. The standard InChI is InChI=1S/C22H16ClN5O2/c1-14-6-2-3-7-15(14)18-12-19-22(29)27(10-11-28(19)25-18)13-20-24-21(26-30-20)16-8-4-5-9-17(16)23/h2-12H,13H2,1H3. The lowest BCUT2D eigenvalue weighted by molar-refractivity contribution is 0.370. The first-order chi connectivity index (χ1) is 14.6. The van der Waals surface area contributed by atoms with Crippen LogP contribution in [-0.4, -0.2) is 24.3 Å². The van der Waals surface area contributed by atoms with E-state index in [0.29, 0.717) is 27.8 Å². The van der Waals surface area contributed by atoms with Crippen LogP contribution in [0.1, 0.15) is 11.5 Å². The molecule has 0 aliphatic heterocycles. The van der Waals surface area contributed by atoms with Gasteiger partial charge in [-0.15, -0.1) is 0 Å². The smallest absolute Gasteiger partial charge is 0.277 e. The lowest BCUT2D eigenvalue weighted by Gasteiger charge is -2.02. The van der Waals surface area contributed by atoms with Crippen LogP contribution >= 0.6 is 11.6 Å². The summed E-state index contributed by atoms with van der Waals surface area (Å²) in [5.74, 6) is 0.700. The van der Waals surface area contributed by atoms with Gasteiger partial charge in [0.05, 0.1) is 10.7 Å². The van der Waals surface area contributed by atoms with Gasteiger partial charge in [0.25, 0.3) is 5.56 Å². The Morgan fingerprint density at radius 2 is 1.80 bits per heavy atom. The molecule has 8 heteroatoms. The average Bonchev–Trinajstić information content (AvgIpc) is 3.38. The van der Waals surface area contributed by atoms with Crippen molar-refractivity contribution in [2.45, 2.75) is 13.5 Å². The van der Waals surface area contributed by atoms with E-state index in [1.165, 1.54) is 4.57 Å². The Morgan fingerprint density at radius 3 is 2.60 bits per heavy atom. The summed E-state index contributed by atoms with van der Waals surface area (Å²) in [7, 11) is 0. The molecule has 148 valence electrons.